The SMILES string of the molecule is CNC(=O)c1cc(Oc2ccc3nc(N(C)c4ccccc4)ncc3c2)ccn1. The third kappa shape index (κ3) is 3.98. The summed E-state index contributed by atoms with van der Waals surface area (Å²) in [5.74, 6) is 1.50. The van der Waals surface area contributed by atoms with Gasteiger partial charge in [-0.15, -0.1) is 0 Å². The van der Waals surface area contributed by atoms with Crippen LogP contribution in [0.4, 0.5) is 11.6 Å². The number of hydrogen-bond donors (Lipinski definition) is 1. The second-order valence-electron chi connectivity index (χ2n) is 6.34. The number of ether oxygens (including phenoxy) is 1. The molecule has 29 heavy (non-hydrogen) atoms. The van der Waals surface area contributed by atoms with Crippen LogP contribution in [-0.2, 0) is 0 Å². The molecule has 4 aromatic rings. The molecule has 0 bridgehead atoms. The van der Waals surface area contributed by atoms with Gasteiger partial charge in [0.05, 0.1) is 5.52 Å². The van der Waals surface area contributed by atoms with Gasteiger partial charge in [0.2, 0.25) is 5.95 Å². The Bertz CT molecular complexity index is 1160. The Morgan fingerprint density at radius 1 is 1.00 bits per heavy atom. The third-order valence-electron chi connectivity index (χ3n) is 4.41. The summed E-state index contributed by atoms with van der Waals surface area (Å²) in [6.45, 7) is 0. The second kappa shape index (κ2) is 7.93. The summed E-state index contributed by atoms with van der Waals surface area (Å²) >= 11 is 0. The molecule has 0 aliphatic carbocycles. The molecule has 0 aliphatic heterocycles. The number of aromatic nitrogens is 3. The first-order valence-electron chi connectivity index (χ1n) is 9.05. The van der Waals surface area contributed by atoms with Crippen molar-refractivity contribution in [3.05, 3.63) is 78.8 Å². The van der Waals surface area contributed by atoms with Gasteiger partial charge in [-0.25, -0.2) is 9.97 Å². The first kappa shape index (κ1) is 18.4. The number of benzene rings is 2. The average molecular weight is 385 g/mol. The Kier molecular flexibility index (Phi) is 5.03. The van der Waals surface area contributed by atoms with E-state index in [1.807, 2.05) is 60.5 Å². The zero-order valence-corrected chi connectivity index (χ0v) is 16.0. The Morgan fingerprint density at radius 3 is 2.59 bits per heavy atom. The zero-order chi connectivity index (χ0) is 20.2. The van der Waals surface area contributed by atoms with Crippen LogP contribution in [0.15, 0.2) is 73.1 Å². The van der Waals surface area contributed by atoms with Crippen LogP contribution in [-0.4, -0.2) is 35.0 Å². The highest BCUT2D eigenvalue weighted by Crippen LogP contribution is 2.27. The van der Waals surface area contributed by atoms with Gasteiger partial charge in [-0.2, -0.15) is 0 Å². The zero-order valence-electron chi connectivity index (χ0n) is 16.0. The van der Waals surface area contributed by atoms with Crippen LogP contribution in [0, 0.1) is 0 Å². The van der Waals surface area contributed by atoms with Gasteiger partial charge in [0.1, 0.15) is 17.2 Å². The fraction of sp³-hybridized carbons (Fsp3) is 0.0909. The quantitative estimate of drug-likeness (QED) is 0.560. The molecule has 1 amide bonds. The summed E-state index contributed by atoms with van der Waals surface area (Å²) in [7, 11) is 3.49. The van der Waals surface area contributed by atoms with Gasteiger partial charge in [0.15, 0.2) is 0 Å². The highest BCUT2D eigenvalue weighted by molar-refractivity contribution is 5.92. The van der Waals surface area contributed by atoms with Crippen molar-refractivity contribution in [2.45, 2.75) is 0 Å². The van der Waals surface area contributed by atoms with Crippen LogP contribution in [0.2, 0.25) is 0 Å². The number of amides is 1. The maximum Gasteiger partial charge on any atom is 0.269 e. The monoisotopic (exact) mass is 385 g/mol. The molecule has 0 fully saturated rings. The molecule has 0 saturated heterocycles. The van der Waals surface area contributed by atoms with Gasteiger partial charge < -0.3 is 15.0 Å². The molecular weight excluding hydrogens is 366 g/mol. The van der Waals surface area contributed by atoms with Crippen LogP contribution in [0.1, 0.15) is 10.5 Å². The molecule has 1 N–H and O–H groups in total. The molecule has 7 nitrogen and oxygen atoms in total. The van der Waals surface area contributed by atoms with Crippen LogP contribution < -0.4 is 15.0 Å². The summed E-state index contributed by atoms with van der Waals surface area (Å²) in [6, 6.07) is 18.8. The lowest BCUT2D eigenvalue weighted by atomic mass is 10.2. The van der Waals surface area contributed by atoms with Crippen molar-refractivity contribution in [3.63, 3.8) is 0 Å². The van der Waals surface area contributed by atoms with E-state index in [1.54, 1.807) is 25.4 Å². The van der Waals surface area contributed by atoms with E-state index in [9.17, 15) is 4.79 Å². The number of carbonyl (C=O) groups is 1. The predicted molar refractivity (Wildman–Crippen MR) is 112 cm³/mol. The minimum absolute atomic E-state index is 0.266. The van der Waals surface area contributed by atoms with Crippen LogP contribution in [0.3, 0.4) is 0 Å². The van der Waals surface area contributed by atoms with Crippen LogP contribution in [0.25, 0.3) is 10.9 Å². The van der Waals surface area contributed by atoms with Crippen molar-refractivity contribution in [1.82, 2.24) is 20.3 Å². The van der Waals surface area contributed by atoms with Gasteiger partial charge in [-0.05, 0) is 36.4 Å². The Labute approximate surface area is 168 Å². The molecule has 7 heteroatoms. The van der Waals surface area contributed by atoms with Gasteiger partial charge >= 0.3 is 0 Å². The second-order valence-corrected chi connectivity index (χ2v) is 6.34. The fourth-order valence-corrected chi connectivity index (χ4v) is 2.86. The van der Waals surface area contributed by atoms with Gasteiger partial charge in [0, 0.05) is 43.6 Å². The molecule has 0 aliphatic rings. The molecule has 2 aromatic carbocycles. The van der Waals surface area contributed by atoms with E-state index in [-0.39, 0.29) is 5.91 Å². The number of anilines is 2. The Morgan fingerprint density at radius 2 is 1.79 bits per heavy atom. The lowest BCUT2D eigenvalue weighted by Gasteiger charge is -2.17. The van der Waals surface area contributed by atoms with Crippen molar-refractivity contribution < 1.29 is 9.53 Å². The summed E-state index contributed by atoms with van der Waals surface area (Å²) in [5, 5.41) is 3.40. The van der Waals surface area contributed by atoms with Crippen molar-refractivity contribution in [1.29, 1.82) is 0 Å². The van der Waals surface area contributed by atoms with E-state index in [0.717, 1.165) is 16.6 Å². The standard InChI is InChI=1S/C22H19N5O2/c1-23-21(28)20-13-18(10-11-24-20)29-17-8-9-19-15(12-17)14-25-22(26-19)27(2)16-6-4-3-5-7-16/h3-14H,1-2H3,(H,23,28). The number of pyridine rings is 1. The fourth-order valence-electron chi connectivity index (χ4n) is 2.86. The molecule has 2 heterocycles. The largest absolute Gasteiger partial charge is 0.457 e. The van der Waals surface area contributed by atoms with E-state index in [0.29, 0.717) is 23.1 Å². The highest BCUT2D eigenvalue weighted by atomic mass is 16.5. The molecule has 0 radical (unpaired) electrons. The molecular formula is C22H19N5O2. The number of carbonyl (C=O) groups excluding carboxylic acids is 1. The minimum atomic E-state index is -0.266. The van der Waals surface area contributed by atoms with Crippen LogP contribution >= 0.6 is 0 Å². The van der Waals surface area contributed by atoms with Crippen molar-refractivity contribution in [2.75, 3.05) is 19.0 Å². The normalized spacial score (nSPS) is 10.6. The number of nitrogens with zero attached hydrogens (tertiary/aromatic N) is 4. The van der Waals surface area contributed by atoms with Crippen molar-refractivity contribution in [2.24, 2.45) is 0 Å². The lowest BCUT2D eigenvalue weighted by Crippen LogP contribution is -2.18. The predicted octanol–water partition coefficient (Wildman–Crippen LogP) is 3.94. The third-order valence-corrected chi connectivity index (χ3v) is 4.41. The van der Waals surface area contributed by atoms with Gasteiger partial charge in [-0.3, -0.25) is 9.78 Å². The van der Waals surface area contributed by atoms with Crippen LogP contribution in [0.5, 0.6) is 11.5 Å². The number of fused-ring (bicyclic) bond motifs is 1. The van der Waals surface area contributed by atoms with E-state index >= 15 is 0 Å². The highest BCUT2D eigenvalue weighted by Gasteiger charge is 2.10. The van der Waals surface area contributed by atoms with Gasteiger partial charge in [-0.1, -0.05) is 18.2 Å². The summed E-state index contributed by atoms with van der Waals surface area (Å²) < 4.78 is 5.88. The number of rotatable bonds is 5. The summed E-state index contributed by atoms with van der Waals surface area (Å²) in [4.78, 5) is 26.8. The number of para-hydroxylation sites is 1. The minimum Gasteiger partial charge on any atom is -0.457 e. The molecule has 0 saturated carbocycles. The van der Waals surface area contributed by atoms with E-state index in [4.69, 9.17) is 4.74 Å². The molecule has 2 aromatic heterocycles. The van der Waals surface area contributed by atoms with E-state index in [1.165, 1.54) is 6.20 Å². The average Bonchev–Trinajstić information content (AvgIpc) is 2.78. The number of hydrogen-bond acceptors (Lipinski definition) is 6. The number of nitrogens with one attached hydrogen (secondary N) is 1. The molecule has 4 rings (SSSR count). The Balaban J connectivity index is 1.58. The smallest absolute Gasteiger partial charge is 0.269 e. The first-order valence-corrected chi connectivity index (χ1v) is 9.05. The maximum absolute atomic E-state index is 11.7. The van der Waals surface area contributed by atoms with E-state index < -0.39 is 0 Å². The summed E-state index contributed by atoms with van der Waals surface area (Å²) in [5.41, 5.74) is 2.12. The lowest BCUT2D eigenvalue weighted by molar-refractivity contribution is 0.0958. The molecule has 0 atom stereocenters. The van der Waals surface area contributed by atoms with E-state index in [2.05, 4.69) is 20.3 Å². The Hall–Kier alpha value is -4.00. The molecule has 0 unspecified atom stereocenters. The topological polar surface area (TPSA) is 80.2 Å². The molecule has 144 valence electrons. The summed E-state index contributed by atoms with van der Waals surface area (Å²) in [6.07, 6.45) is 3.31. The maximum atomic E-state index is 11.7. The van der Waals surface area contributed by atoms with Crippen molar-refractivity contribution in [3.8, 4) is 11.5 Å². The first-order chi connectivity index (χ1) is 14.1. The van der Waals surface area contributed by atoms with Crippen molar-refractivity contribution >= 4 is 28.4 Å². The molecule has 0 spiro atoms. The van der Waals surface area contributed by atoms with Gasteiger partial charge in [0.25, 0.3) is 5.91 Å².